The monoisotopic (exact) mass is 2180 g/mol. The number of phenolic OH excluding ortho intramolecular Hbond substituents is 4. The molecule has 17 bridgehead atoms. The number of benzene rings is 7. The molecule has 9 heterocycles. The van der Waals surface area contributed by atoms with Gasteiger partial charge in [-0.2, -0.15) is 0 Å². The number of hydrogen-bond donors (Lipinski definition) is 28. The largest absolute Gasteiger partial charge is 0.508 e. The summed E-state index contributed by atoms with van der Waals surface area (Å²) in [6, 6.07) is -0.880. The lowest BCUT2D eigenvalue weighted by atomic mass is 9.89. The maximum absolute atomic E-state index is 17.2. The zero-order chi connectivity index (χ0) is 109. The molecule has 0 aromatic heterocycles. The highest BCUT2D eigenvalue weighted by molar-refractivity contribution is 7.70. The summed E-state index contributed by atoms with van der Waals surface area (Å²) >= 11 is 14.8. The summed E-state index contributed by atoms with van der Waals surface area (Å²) < 4.78 is 86.8. The third-order valence-electron chi connectivity index (χ3n) is 25.6. The minimum atomic E-state index is -5.68. The molecule has 810 valence electrons. The normalized spacial score (nSPS) is 27.0. The predicted molar refractivity (Wildman–Crippen MR) is 511 cm³/mol. The molecule has 9 aliphatic rings. The molecule has 9 aliphatic heterocycles. The Morgan fingerprint density at radius 3 is 1.68 bits per heavy atom. The number of carbonyl (C=O) groups excluding carboxylic acids is 10. The molecule has 0 radical (unpaired) electrons. The second kappa shape index (κ2) is 47.8. The van der Waals surface area contributed by atoms with Gasteiger partial charge < -0.3 is 192 Å². The second-order valence-corrected chi connectivity index (χ2v) is 41.6. The number of halogens is 2. The Hall–Kier alpha value is -12.8. The zero-order valence-corrected chi connectivity index (χ0v) is 82.8. The lowest BCUT2D eigenvalue weighted by Gasteiger charge is -2.44. The molecule has 55 heteroatoms. The maximum atomic E-state index is 17.2. The van der Waals surface area contributed by atoms with Crippen molar-refractivity contribution >= 4 is 103 Å². The number of rotatable bonds is 28. The number of aliphatic hydroxyl groups excluding tert-OH is 9. The number of hydrogen-bond acceptors (Lipinski definition) is 37. The summed E-state index contributed by atoms with van der Waals surface area (Å²) in [4.78, 5) is 203. The minimum Gasteiger partial charge on any atom is -0.508 e. The van der Waals surface area contributed by atoms with Gasteiger partial charge in [0, 0.05) is 61.4 Å². The van der Waals surface area contributed by atoms with E-state index in [-0.39, 0.29) is 28.3 Å². The van der Waals surface area contributed by atoms with Crippen LogP contribution < -0.4 is 77.3 Å². The van der Waals surface area contributed by atoms with Gasteiger partial charge in [-0.15, -0.1) is 0 Å². The molecule has 150 heavy (non-hydrogen) atoms. The topological polar surface area (TPSA) is 813 Å². The van der Waals surface area contributed by atoms with E-state index in [1.165, 1.54) is 29.6 Å². The number of esters is 1. The molecular weight excluding hydrogens is 2070 g/mol. The van der Waals surface area contributed by atoms with Crippen LogP contribution in [-0.4, -0.2) is 286 Å². The smallest absolute Gasteiger partial charge is 0.360 e. The van der Waals surface area contributed by atoms with Gasteiger partial charge in [-0.3, -0.25) is 57.1 Å². The van der Waals surface area contributed by atoms with Crippen LogP contribution in [0.25, 0.3) is 11.1 Å². The first-order chi connectivity index (χ1) is 70.9. The number of aliphatic carboxylic acids is 1. The molecule has 51 nitrogen and oxygen atoms in total. The number of amides is 9. The first kappa shape index (κ1) is 113. The van der Waals surface area contributed by atoms with Gasteiger partial charge in [0.2, 0.25) is 77.0 Å². The number of carboxylic acid groups (broad SMARTS) is 1. The third-order valence-corrected chi connectivity index (χ3v) is 29.5. The van der Waals surface area contributed by atoms with Crippen molar-refractivity contribution in [1.29, 1.82) is 0 Å². The molecule has 16 rings (SSSR count). The molecule has 9 amide bonds. The number of carbonyl (C=O) groups is 11. The van der Waals surface area contributed by atoms with Crippen molar-refractivity contribution in [1.82, 2.24) is 47.9 Å². The highest BCUT2D eigenvalue weighted by Crippen LogP contribution is 2.59. The van der Waals surface area contributed by atoms with E-state index in [9.17, 15) is 129 Å². The number of aromatic hydroxyl groups is 4. The Labute approximate surface area is 860 Å². The molecule has 3 saturated heterocycles. The summed E-state index contributed by atoms with van der Waals surface area (Å²) in [5.74, 6) is -23.0. The summed E-state index contributed by atoms with van der Waals surface area (Å²) in [5, 5.41) is 184. The SMILES string of the molecule is CC(=O)N[C@H]1[C@H](O[C@@H]2c3ccc(c(Cl)c3)Oc3cc4cc(c3O[C@@H]3O[C@H](CO)[C@@H](O)[C@H](O)[C@H]3NC(=O)CCCCCCCC(C)C)Oc3ccc(cc3Cl)C[C@H]3NC(=O)[C@H](N)c5ccc(O)c(c5)Oc5cc(O)cc(c5)[C@H](NC3=O)C(=O)N[C@H]4C(=O)N[C@H]3C(=O)N[C@@H]2C(=O)N[C@@H](C(=O)O)c2cc(O)cc(O[C@H]4O[C@H](COC(=O)CCCC(=O)NC(P(=O)(O)O)P(=O)(O)O)[C@@H](O)[C@H](O)[C@@H]4O)c2-c2cc3ccc2O)O[C@H](CO)[C@@H](O)[C@@H]1O. The molecule has 7 aromatic carbocycles. The van der Waals surface area contributed by atoms with E-state index in [1.807, 2.05) is 0 Å². The molecule has 0 unspecified atom stereocenters. The number of nitrogens with one attached hydrogen (secondary N) is 9. The van der Waals surface area contributed by atoms with E-state index in [0.29, 0.717) is 30.9 Å². The second-order valence-electron chi connectivity index (χ2n) is 37.0. The lowest BCUT2D eigenvalue weighted by molar-refractivity contribution is -0.284. The first-order valence-corrected chi connectivity index (χ1v) is 51.1. The van der Waals surface area contributed by atoms with Gasteiger partial charge in [-0.25, -0.2) is 4.79 Å². The first-order valence-electron chi connectivity index (χ1n) is 47.0. The fourth-order valence-electron chi connectivity index (χ4n) is 17.9. The van der Waals surface area contributed by atoms with Crippen LogP contribution >= 0.6 is 38.4 Å². The van der Waals surface area contributed by atoms with Crippen LogP contribution in [0.5, 0.6) is 69.0 Å². The van der Waals surface area contributed by atoms with Crippen molar-refractivity contribution in [2.24, 2.45) is 11.7 Å². The van der Waals surface area contributed by atoms with Crippen molar-refractivity contribution < 1.29 is 200 Å². The predicted octanol–water partition coefficient (Wildman–Crippen LogP) is 0.886. The average molecular weight is 2180 g/mol. The van der Waals surface area contributed by atoms with Gasteiger partial charge in [0.05, 0.1) is 23.3 Å². The van der Waals surface area contributed by atoms with Crippen molar-refractivity contribution in [3.8, 4) is 80.1 Å². The van der Waals surface area contributed by atoms with Crippen LogP contribution in [0.3, 0.4) is 0 Å². The molecular formula is C95H110Cl2N10O41P2. The summed E-state index contributed by atoms with van der Waals surface area (Å²) in [6.45, 7) is 1.81. The molecule has 3 fully saturated rings. The van der Waals surface area contributed by atoms with Crippen LogP contribution in [0.15, 0.2) is 115 Å². The van der Waals surface area contributed by atoms with Gasteiger partial charge in [0.15, 0.2) is 35.3 Å². The van der Waals surface area contributed by atoms with Crippen molar-refractivity contribution in [3.05, 3.63) is 164 Å². The number of nitrogens with two attached hydrogens (primary N) is 1. The van der Waals surface area contributed by atoms with E-state index in [2.05, 4.69) is 56.4 Å². The summed E-state index contributed by atoms with van der Waals surface area (Å²) in [7, 11) is -11.4. The van der Waals surface area contributed by atoms with E-state index in [0.717, 1.165) is 111 Å². The van der Waals surface area contributed by atoms with Gasteiger partial charge in [0.25, 0.3) is 0 Å². The number of phenols is 4. The molecule has 23 atom stereocenters. The minimum absolute atomic E-state index is 0.00438. The Balaban J connectivity index is 0.979. The number of unbranched alkanes of at least 4 members (excludes halogenated alkanes) is 4. The van der Waals surface area contributed by atoms with Crippen LogP contribution in [0.2, 0.25) is 10.0 Å². The molecule has 7 aromatic rings. The van der Waals surface area contributed by atoms with Crippen LogP contribution in [0, 0.1) is 5.92 Å². The molecule has 0 spiro atoms. The lowest BCUT2D eigenvalue weighted by Crippen LogP contribution is -2.65. The number of aliphatic hydroxyl groups is 9. The van der Waals surface area contributed by atoms with Gasteiger partial charge in [0.1, 0.15) is 162 Å². The molecule has 0 saturated carbocycles. The van der Waals surface area contributed by atoms with Crippen molar-refractivity contribution in [3.63, 3.8) is 0 Å². The van der Waals surface area contributed by atoms with Gasteiger partial charge in [-0.1, -0.05) is 93.4 Å². The Morgan fingerprint density at radius 2 is 1.05 bits per heavy atom. The Morgan fingerprint density at radius 1 is 0.500 bits per heavy atom. The average Bonchev–Trinajstić information content (AvgIpc) is 0.720. The standard InChI is InChI=1S/C95H110Cl2N10O41P2/c1-37(2)10-7-5-4-6-8-11-64(115)101-74-80(122)77(119)62(35-109)145-93(74)148-84-59-29-44-30-60(84)142-56-21-17-42(27-51(56)97)83(147-92-73(99-38(3)110)79(121)76(118)61(34-108)144-92)75-90(130)106-72(91(131)132)49-32-46(112)33-58(143-94-82(124)81(123)78(120)63(146-94)36-139-66(117)13-9-12-65(116)102-95(149(133,134)135)150(136,137)138)67(49)48-26-41(16-18-53(48)113)69(87(127)107-75)104-89(129)71(44)105-88(128)70-43-24-45(111)31-47(25-43)140-57-28-40(15-19-54(57)114)68(98)86(126)100-52(85(125)103-70)23-39-14-20-55(141-59)50(96)22-39/h14-22,24-33,37,52,61-63,68-83,92-95,108-109,111-114,118-124H,4-13,23,34-36,98H2,1-3H3,(H,99,110)(H,100,126)(H,101,115)(H,102,116)(H,103,125)(H,104,129)(H,105,128)(H,106,130)(H,107,127)(H,131,132)(H2,133,134,135)(H2,136,137,138)/t52-,61-,62-,63-,68-,69-,70+,71-,72-,73-,74-,75+,76-,77-,78-,79-,80-,81+,82+,83-,92+,93+,94+/m1/s1. The van der Waals surface area contributed by atoms with Crippen molar-refractivity contribution in [2.45, 2.75) is 237 Å². The Kier molecular flexibility index (Phi) is 36.0. The third kappa shape index (κ3) is 26.3. The van der Waals surface area contributed by atoms with Crippen LogP contribution in [0.1, 0.15) is 160 Å². The van der Waals surface area contributed by atoms with Gasteiger partial charge in [-0.05, 0) is 131 Å². The van der Waals surface area contributed by atoms with Crippen LogP contribution in [-0.2, 0) is 92.0 Å². The maximum Gasteiger partial charge on any atom is 0.360 e. The number of ether oxygens (including phenoxy) is 10. The van der Waals surface area contributed by atoms with E-state index >= 15 is 24.0 Å². The molecule has 29 N–H and O–H groups in total. The number of fused-ring (bicyclic) bond motifs is 14. The van der Waals surface area contributed by atoms with Crippen LogP contribution in [0.4, 0.5) is 0 Å². The number of carboxylic acids is 1. The highest BCUT2D eigenvalue weighted by Gasteiger charge is 2.54. The fourth-order valence-corrected chi connectivity index (χ4v) is 20.5. The van der Waals surface area contributed by atoms with Gasteiger partial charge >= 0.3 is 27.1 Å². The van der Waals surface area contributed by atoms with E-state index in [1.54, 1.807) is 0 Å². The quantitative estimate of drug-likeness (QED) is 0.0184. The summed E-state index contributed by atoms with van der Waals surface area (Å²) in [5.41, 5.74) is -0.854. The highest BCUT2D eigenvalue weighted by atomic mass is 35.5. The zero-order valence-electron chi connectivity index (χ0n) is 79.5. The fraction of sp³-hybridized carbons (Fsp3) is 0.442. The van der Waals surface area contributed by atoms with E-state index in [4.69, 9.17) is 76.3 Å². The van der Waals surface area contributed by atoms with Crippen molar-refractivity contribution in [2.75, 3.05) is 19.8 Å². The Bertz CT molecular complexity index is 6360. The molecule has 0 aliphatic carbocycles. The van der Waals surface area contributed by atoms with E-state index < -0.39 is 379 Å². The summed E-state index contributed by atoms with van der Waals surface area (Å²) in [6.07, 6.45) is -29.0.